The molecule has 6 heteroatoms. The van der Waals surface area contributed by atoms with Crippen molar-refractivity contribution in [2.24, 2.45) is 0 Å². The average molecular weight is 357 g/mol. The van der Waals surface area contributed by atoms with Crippen molar-refractivity contribution in [2.75, 3.05) is 24.7 Å². The minimum atomic E-state index is -0.109. The van der Waals surface area contributed by atoms with E-state index in [0.717, 1.165) is 11.5 Å². The Morgan fingerprint density at radius 3 is 2.80 bits per heavy atom. The number of carbonyl (C=O) groups excluding carboxylic acids is 2. The first-order valence-electron chi connectivity index (χ1n) is 8.04. The number of aromatic hydroxyl groups is 1. The lowest BCUT2D eigenvalue weighted by Crippen LogP contribution is -2.49. The normalized spacial score (nSPS) is 17.1. The van der Waals surface area contributed by atoms with Crippen molar-refractivity contribution in [3.63, 3.8) is 0 Å². The highest BCUT2D eigenvalue weighted by atomic mass is 32.2. The fourth-order valence-electron chi connectivity index (χ4n) is 2.77. The number of ether oxygens (including phenoxy) is 1. The van der Waals surface area contributed by atoms with Crippen LogP contribution in [0.5, 0.6) is 11.5 Å². The van der Waals surface area contributed by atoms with E-state index in [1.807, 2.05) is 35.2 Å². The van der Waals surface area contributed by atoms with Gasteiger partial charge < -0.3 is 14.7 Å². The first kappa shape index (κ1) is 17.4. The Labute approximate surface area is 150 Å². The van der Waals surface area contributed by atoms with Gasteiger partial charge in [-0.2, -0.15) is 11.8 Å². The molecule has 0 radical (unpaired) electrons. The van der Waals surface area contributed by atoms with Crippen LogP contribution in [0, 0.1) is 0 Å². The molecule has 1 atom stereocenters. The number of phenolic OH excluding ortho intramolecular Hbond substituents is 1. The molecule has 0 unspecified atom stereocenters. The number of hydrogen-bond donors (Lipinski definition) is 1. The monoisotopic (exact) mass is 357 g/mol. The van der Waals surface area contributed by atoms with E-state index in [1.165, 1.54) is 6.07 Å². The standard InChI is InChI=1S/C19H19NO4S/c21-11-16-17(22)7-4-8-18(16)24-12-15-13-25-10-9-20(15)19(23)14-5-2-1-3-6-14/h1-8,11,15,22H,9-10,12-13H2/t15-/m1/s1. The molecule has 0 spiro atoms. The van der Waals surface area contributed by atoms with Crippen LogP contribution in [0.15, 0.2) is 48.5 Å². The number of hydrogen-bond acceptors (Lipinski definition) is 5. The van der Waals surface area contributed by atoms with Crippen LogP contribution in [0.25, 0.3) is 0 Å². The molecule has 2 aromatic carbocycles. The van der Waals surface area contributed by atoms with Gasteiger partial charge in [-0.15, -0.1) is 0 Å². The third-order valence-electron chi connectivity index (χ3n) is 4.10. The molecule has 2 aromatic rings. The zero-order valence-corrected chi connectivity index (χ0v) is 14.4. The number of amides is 1. The van der Waals surface area contributed by atoms with Gasteiger partial charge in [0, 0.05) is 23.6 Å². The molecule has 1 aliphatic heterocycles. The van der Waals surface area contributed by atoms with Gasteiger partial charge in [0.15, 0.2) is 6.29 Å². The lowest BCUT2D eigenvalue weighted by atomic mass is 10.1. The molecule has 130 valence electrons. The Balaban J connectivity index is 1.73. The first-order valence-corrected chi connectivity index (χ1v) is 9.20. The largest absolute Gasteiger partial charge is 0.507 e. The molecule has 0 aromatic heterocycles. The molecule has 3 rings (SSSR count). The van der Waals surface area contributed by atoms with Gasteiger partial charge in [0.2, 0.25) is 0 Å². The highest BCUT2D eigenvalue weighted by molar-refractivity contribution is 7.99. The second-order valence-electron chi connectivity index (χ2n) is 5.71. The smallest absolute Gasteiger partial charge is 0.254 e. The summed E-state index contributed by atoms with van der Waals surface area (Å²) in [5, 5.41) is 9.74. The van der Waals surface area contributed by atoms with Crippen LogP contribution in [0.3, 0.4) is 0 Å². The maximum Gasteiger partial charge on any atom is 0.254 e. The van der Waals surface area contributed by atoms with Crippen LogP contribution in [-0.4, -0.2) is 52.9 Å². The molecule has 25 heavy (non-hydrogen) atoms. The molecular formula is C19H19NO4S. The van der Waals surface area contributed by atoms with Crippen molar-refractivity contribution in [3.05, 3.63) is 59.7 Å². The Kier molecular flexibility index (Phi) is 5.60. The summed E-state index contributed by atoms with van der Waals surface area (Å²) < 4.78 is 5.77. The maximum absolute atomic E-state index is 12.8. The number of thioether (sulfide) groups is 1. The number of carbonyl (C=O) groups is 2. The van der Waals surface area contributed by atoms with E-state index < -0.39 is 0 Å². The average Bonchev–Trinajstić information content (AvgIpc) is 2.67. The number of nitrogens with zero attached hydrogens (tertiary/aromatic N) is 1. The number of aldehydes is 1. The number of benzene rings is 2. The van der Waals surface area contributed by atoms with E-state index in [2.05, 4.69) is 0 Å². The van der Waals surface area contributed by atoms with Crippen LogP contribution in [0.2, 0.25) is 0 Å². The summed E-state index contributed by atoms with van der Waals surface area (Å²) in [4.78, 5) is 25.7. The maximum atomic E-state index is 12.8. The molecule has 1 aliphatic rings. The van der Waals surface area contributed by atoms with Crippen molar-refractivity contribution in [3.8, 4) is 11.5 Å². The Bertz CT molecular complexity index is 750. The molecule has 0 bridgehead atoms. The van der Waals surface area contributed by atoms with Crippen LogP contribution >= 0.6 is 11.8 Å². The van der Waals surface area contributed by atoms with E-state index in [4.69, 9.17) is 4.74 Å². The molecule has 5 nitrogen and oxygen atoms in total. The fourth-order valence-corrected chi connectivity index (χ4v) is 3.81. The third kappa shape index (κ3) is 3.96. The van der Waals surface area contributed by atoms with Crippen molar-refractivity contribution in [1.29, 1.82) is 0 Å². The lowest BCUT2D eigenvalue weighted by molar-refractivity contribution is 0.0647. The van der Waals surface area contributed by atoms with Crippen LogP contribution in [0.1, 0.15) is 20.7 Å². The van der Waals surface area contributed by atoms with Gasteiger partial charge in [0.05, 0.1) is 11.6 Å². The molecule has 1 fully saturated rings. The van der Waals surface area contributed by atoms with Gasteiger partial charge >= 0.3 is 0 Å². The minimum Gasteiger partial charge on any atom is -0.507 e. The van der Waals surface area contributed by atoms with Crippen LogP contribution in [-0.2, 0) is 0 Å². The highest BCUT2D eigenvalue weighted by Crippen LogP contribution is 2.27. The topological polar surface area (TPSA) is 66.8 Å². The fraction of sp³-hybridized carbons (Fsp3) is 0.263. The second kappa shape index (κ2) is 8.07. The molecule has 1 N–H and O–H groups in total. The molecule has 1 heterocycles. The van der Waals surface area contributed by atoms with Gasteiger partial charge in [-0.25, -0.2) is 0 Å². The van der Waals surface area contributed by atoms with E-state index >= 15 is 0 Å². The quantitative estimate of drug-likeness (QED) is 0.834. The molecule has 1 amide bonds. The van der Waals surface area contributed by atoms with E-state index in [9.17, 15) is 14.7 Å². The van der Waals surface area contributed by atoms with Crippen LogP contribution < -0.4 is 4.74 Å². The zero-order valence-electron chi connectivity index (χ0n) is 13.6. The summed E-state index contributed by atoms with van der Waals surface area (Å²) in [6.07, 6.45) is 0.577. The lowest BCUT2D eigenvalue weighted by Gasteiger charge is -2.35. The van der Waals surface area contributed by atoms with Gasteiger partial charge in [-0.05, 0) is 24.3 Å². The highest BCUT2D eigenvalue weighted by Gasteiger charge is 2.28. The van der Waals surface area contributed by atoms with Gasteiger partial charge in [-0.1, -0.05) is 24.3 Å². The Hall–Kier alpha value is -2.47. The summed E-state index contributed by atoms with van der Waals surface area (Å²) in [5.41, 5.74) is 0.789. The van der Waals surface area contributed by atoms with Gasteiger partial charge in [0.1, 0.15) is 18.1 Å². The summed E-state index contributed by atoms with van der Waals surface area (Å²) in [7, 11) is 0. The predicted molar refractivity (Wildman–Crippen MR) is 97.6 cm³/mol. The van der Waals surface area contributed by atoms with E-state index in [1.54, 1.807) is 23.9 Å². The van der Waals surface area contributed by atoms with Crippen molar-refractivity contribution >= 4 is 24.0 Å². The zero-order chi connectivity index (χ0) is 17.6. The minimum absolute atomic E-state index is 0.0129. The summed E-state index contributed by atoms with van der Waals surface area (Å²) in [5.74, 6) is 1.87. The summed E-state index contributed by atoms with van der Waals surface area (Å²) in [6.45, 7) is 0.933. The first-order chi connectivity index (χ1) is 12.2. The molecular weight excluding hydrogens is 338 g/mol. The van der Waals surface area contributed by atoms with E-state index in [-0.39, 0.29) is 29.9 Å². The predicted octanol–water partition coefficient (Wildman–Crippen LogP) is 2.84. The van der Waals surface area contributed by atoms with Crippen LogP contribution in [0.4, 0.5) is 0 Å². The third-order valence-corrected chi connectivity index (χ3v) is 5.19. The molecule has 1 saturated heterocycles. The number of phenols is 1. The summed E-state index contributed by atoms with van der Waals surface area (Å²) in [6, 6.07) is 13.8. The van der Waals surface area contributed by atoms with E-state index in [0.29, 0.717) is 24.1 Å². The SMILES string of the molecule is O=Cc1c(O)cccc1OC[C@@H]1CSCCN1C(=O)c1ccccc1. The molecule has 0 aliphatic carbocycles. The second-order valence-corrected chi connectivity index (χ2v) is 6.86. The summed E-state index contributed by atoms with van der Waals surface area (Å²) >= 11 is 1.77. The Morgan fingerprint density at radius 1 is 1.24 bits per heavy atom. The number of rotatable bonds is 5. The van der Waals surface area contributed by atoms with Crippen molar-refractivity contribution in [1.82, 2.24) is 4.90 Å². The van der Waals surface area contributed by atoms with Crippen molar-refractivity contribution < 1.29 is 19.4 Å². The van der Waals surface area contributed by atoms with Crippen molar-refractivity contribution in [2.45, 2.75) is 6.04 Å². The van der Waals surface area contributed by atoms with Gasteiger partial charge in [-0.3, -0.25) is 9.59 Å². The molecule has 0 saturated carbocycles. The Morgan fingerprint density at radius 2 is 2.04 bits per heavy atom. The van der Waals surface area contributed by atoms with Gasteiger partial charge in [0.25, 0.3) is 5.91 Å².